The number of hydrogen-bond donors (Lipinski definition) is 1. The van der Waals surface area contributed by atoms with Crippen molar-refractivity contribution in [2.24, 2.45) is 0 Å². The quantitative estimate of drug-likeness (QED) is 0.606. The summed E-state index contributed by atoms with van der Waals surface area (Å²) in [5.74, 6) is -0.258. The molecule has 0 saturated carbocycles. The van der Waals surface area contributed by atoms with E-state index in [2.05, 4.69) is 5.32 Å². The number of aromatic nitrogens is 1. The first kappa shape index (κ1) is 19.4. The van der Waals surface area contributed by atoms with E-state index in [0.29, 0.717) is 30.9 Å². The van der Waals surface area contributed by atoms with Crippen molar-refractivity contribution in [2.45, 2.75) is 30.9 Å². The molecule has 1 amide bonds. The van der Waals surface area contributed by atoms with Crippen molar-refractivity contribution in [3.8, 4) is 0 Å². The van der Waals surface area contributed by atoms with Crippen LogP contribution in [-0.4, -0.2) is 24.9 Å². The van der Waals surface area contributed by atoms with Crippen molar-refractivity contribution < 1.29 is 17.9 Å². The standard InChI is InChI=1S/C22H22N2O4S/c1-16-7-9-18(10-8-16)29(26,27)24-13-11-19-21(24)20(23-22(19)25)12-14-28-15-17-5-3-2-4-6-17/h2-11,13,20H,12,14-15H2,1H3,(H,23,25)/t20-/m1/s1. The van der Waals surface area contributed by atoms with Crippen LogP contribution < -0.4 is 5.32 Å². The number of aryl methyl sites for hydroxylation is 1. The second kappa shape index (κ2) is 7.85. The average Bonchev–Trinajstić information content (AvgIpc) is 3.29. The van der Waals surface area contributed by atoms with E-state index in [-0.39, 0.29) is 10.8 Å². The molecule has 2 heterocycles. The van der Waals surface area contributed by atoms with Crippen LogP contribution in [0, 0.1) is 6.92 Å². The molecule has 150 valence electrons. The van der Waals surface area contributed by atoms with Crippen LogP contribution in [-0.2, 0) is 21.4 Å². The molecular weight excluding hydrogens is 388 g/mol. The van der Waals surface area contributed by atoms with E-state index in [9.17, 15) is 13.2 Å². The minimum atomic E-state index is -3.78. The van der Waals surface area contributed by atoms with Gasteiger partial charge in [-0.2, -0.15) is 0 Å². The highest BCUT2D eigenvalue weighted by molar-refractivity contribution is 7.90. The largest absolute Gasteiger partial charge is 0.377 e. The normalized spacial score (nSPS) is 15.9. The van der Waals surface area contributed by atoms with Crippen LogP contribution in [0.5, 0.6) is 0 Å². The third-order valence-electron chi connectivity index (χ3n) is 5.01. The molecule has 0 fully saturated rings. The number of nitrogens with zero attached hydrogens (tertiary/aromatic N) is 1. The van der Waals surface area contributed by atoms with E-state index in [1.54, 1.807) is 30.3 Å². The van der Waals surface area contributed by atoms with Gasteiger partial charge in [0.15, 0.2) is 0 Å². The minimum absolute atomic E-state index is 0.194. The Kier molecular flexibility index (Phi) is 5.25. The van der Waals surface area contributed by atoms with Crippen molar-refractivity contribution in [1.82, 2.24) is 9.29 Å². The van der Waals surface area contributed by atoms with Gasteiger partial charge in [0.05, 0.1) is 28.8 Å². The zero-order valence-electron chi connectivity index (χ0n) is 16.0. The summed E-state index contributed by atoms with van der Waals surface area (Å²) in [6.07, 6.45) is 1.94. The summed E-state index contributed by atoms with van der Waals surface area (Å²) in [6, 6.07) is 17.6. The highest BCUT2D eigenvalue weighted by atomic mass is 32.2. The molecule has 3 aromatic rings. The van der Waals surface area contributed by atoms with Crippen LogP contribution in [0.4, 0.5) is 0 Å². The maximum Gasteiger partial charge on any atom is 0.267 e. The monoisotopic (exact) mass is 410 g/mol. The highest BCUT2D eigenvalue weighted by Crippen LogP contribution is 2.31. The molecule has 1 aliphatic rings. The molecule has 0 radical (unpaired) electrons. The SMILES string of the molecule is Cc1ccc(S(=O)(=O)n2ccc3c2[C@@H](CCOCc2ccccc2)NC3=O)cc1. The highest BCUT2D eigenvalue weighted by Gasteiger charge is 2.35. The van der Waals surface area contributed by atoms with E-state index in [1.165, 1.54) is 10.2 Å². The fraction of sp³-hybridized carbons (Fsp3) is 0.227. The van der Waals surface area contributed by atoms with Crippen LogP contribution in [0.15, 0.2) is 71.8 Å². The molecule has 6 nitrogen and oxygen atoms in total. The molecule has 1 atom stereocenters. The molecule has 2 aromatic carbocycles. The Morgan fingerprint density at radius 2 is 1.76 bits per heavy atom. The first-order valence-electron chi connectivity index (χ1n) is 9.43. The third-order valence-corrected chi connectivity index (χ3v) is 6.71. The van der Waals surface area contributed by atoms with Gasteiger partial charge in [-0.15, -0.1) is 0 Å². The van der Waals surface area contributed by atoms with Gasteiger partial charge in [0.2, 0.25) is 0 Å². The van der Waals surface area contributed by atoms with Crippen LogP contribution in [0.1, 0.15) is 39.6 Å². The molecule has 1 aromatic heterocycles. The van der Waals surface area contributed by atoms with Gasteiger partial charge in [-0.05, 0) is 37.1 Å². The summed E-state index contributed by atoms with van der Waals surface area (Å²) >= 11 is 0. The lowest BCUT2D eigenvalue weighted by Crippen LogP contribution is -2.24. The summed E-state index contributed by atoms with van der Waals surface area (Å²) in [7, 11) is -3.78. The molecule has 29 heavy (non-hydrogen) atoms. The number of ether oxygens (including phenoxy) is 1. The minimum Gasteiger partial charge on any atom is -0.377 e. The lowest BCUT2D eigenvalue weighted by Gasteiger charge is -2.16. The molecule has 4 rings (SSSR count). The number of benzene rings is 2. The summed E-state index contributed by atoms with van der Waals surface area (Å²) in [5.41, 5.74) is 2.91. The zero-order chi connectivity index (χ0) is 20.4. The Labute approximate surface area is 170 Å². The van der Waals surface area contributed by atoms with Gasteiger partial charge in [-0.3, -0.25) is 4.79 Å². The summed E-state index contributed by atoms with van der Waals surface area (Å²) in [4.78, 5) is 12.5. The van der Waals surface area contributed by atoms with Gasteiger partial charge in [-0.1, -0.05) is 48.0 Å². The van der Waals surface area contributed by atoms with Crippen LogP contribution in [0.2, 0.25) is 0 Å². The number of nitrogens with one attached hydrogen (secondary N) is 1. The van der Waals surface area contributed by atoms with Gasteiger partial charge in [-0.25, -0.2) is 12.4 Å². The number of carbonyl (C=O) groups is 1. The number of fused-ring (bicyclic) bond motifs is 1. The fourth-order valence-electron chi connectivity index (χ4n) is 3.47. The Balaban J connectivity index is 1.52. The van der Waals surface area contributed by atoms with Crippen molar-refractivity contribution in [1.29, 1.82) is 0 Å². The van der Waals surface area contributed by atoms with E-state index >= 15 is 0 Å². The van der Waals surface area contributed by atoms with Crippen LogP contribution >= 0.6 is 0 Å². The molecular formula is C22H22N2O4S. The number of amides is 1. The average molecular weight is 410 g/mol. The molecule has 0 bridgehead atoms. The van der Waals surface area contributed by atoms with Gasteiger partial charge in [0, 0.05) is 12.8 Å². The smallest absolute Gasteiger partial charge is 0.267 e. The zero-order valence-corrected chi connectivity index (χ0v) is 16.9. The van der Waals surface area contributed by atoms with Crippen LogP contribution in [0.25, 0.3) is 0 Å². The Hall–Kier alpha value is -2.90. The van der Waals surface area contributed by atoms with Crippen molar-refractivity contribution in [3.05, 3.63) is 89.2 Å². The van der Waals surface area contributed by atoms with E-state index in [0.717, 1.165) is 11.1 Å². The number of carbonyl (C=O) groups excluding carboxylic acids is 1. The fourth-order valence-corrected chi connectivity index (χ4v) is 4.88. The lowest BCUT2D eigenvalue weighted by molar-refractivity contribution is 0.0922. The van der Waals surface area contributed by atoms with E-state index in [4.69, 9.17) is 4.74 Å². The Bertz CT molecular complexity index is 1120. The Morgan fingerprint density at radius 3 is 2.48 bits per heavy atom. The lowest BCUT2D eigenvalue weighted by atomic mass is 10.1. The van der Waals surface area contributed by atoms with Crippen molar-refractivity contribution >= 4 is 15.9 Å². The van der Waals surface area contributed by atoms with E-state index in [1.807, 2.05) is 37.3 Å². The molecule has 1 N–H and O–H groups in total. The maximum absolute atomic E-state index is 13.1. The van der Waals surface area contributed by atoms with Crippen molar-refractivity contribution in [2.75, 3.05) is 6.61 Å². The first-order chi connectivity index (χ1) is 14.0. The molecule has 0 unspecified atom stereocenters. The van der Waals surface area contributed by atoms with Gasteiger partial charge < -0.3 is 10.1 Å². The van der Waals surface area contributed by atoms with Gasteiger partial charge >= 0.3 is 0 Å². The number of hydrogen-bond acceptors (Lipinski definition) is 4. The van der Waals surface area contributed by atoms with Gasteiger partial charge in [0.1, 0.15) is 0 Å². The number of rotatable bonds is 7. The summed E-state index contributed by atoms with van der Waals surface area (Å²) in [5, 5.41) is 2.87. The topological polar surface area (TPSA) is 77.4 Å². The maximum atomic E-state index is 13.1. The summed E-state index contributed by atoms with van der Waals surface area (Å²) < 4.78 is 33.2. The molecule has 7 heteroatoms. The van der Waals surface area contributed by atoms with Crippen molar-refractivity contribution in [3.63, 3.8) is 0 Å². The second-order valence-corrected chi connectivity index (χ2v) is 8.90. The first-order valence-corrected chi connectivity index (χ1v) is 10.9. The second-order valence-electron chi connectivity index (χ2n) is 7.08. The predicted molar refractivity (Wildman–Crippen MR) is 109 cm³/mol. The van der Waals surface area contributed by atoms with E-state index < -0.39 is 16.1 Å². The molecule has 0 aliphatic carbocycles. The molecule has 0 spiro atoms. The van der Waals surface area contributed by atoms with Crippen LogP contribution in [0.3, 0.4) is 0 Å². The molecule has 1 aliphatic heterocycles. The summed E-state index contributed by atoms with van der Waals surface area (Å²) in [6.45, 7) is 2.77. The third kappa shape index (κ3) is 3.83. The molecule has 0 saturated heterocycles. The predicted octanol–water partition coefficient (Wildman–Crippen LogP) is 3.42. The van der Waals surface area contributed by atoms with Gasteiger partial charge in [0.25, 0.3) is 15.9 Å². The Morgan fingerprint density at radius 1 is 1.03 bits per heavy atom.